The number of aryl methyl sites for hydroxylation is 1. The van der Waals surface area contributed by atoms with Crippen molar-refractivity contribution >= 4 is 11.3 Å². The summed E-state index contributed by atoms with van der Waals surface area (Å²) < 4.78 is 0. The van der Waals surface area contributed by atoms with Gasteiger partial charge in [-0.05, 0) is 31.9 Å². The maximum absolute atomic E-state index is 4.47. The lowest BCUT2D eigenvalue weighted by Crippen LogP contribution is -1.88. The quantitative estimate of drug-likeness (QED) is 0.634. The molecule has 1 heterocycles. The molecule has 0 saturated carbocycles. The second kappa shape index (κ2) is 3.41. The van der Waals surface area contributed by atoms with Gasteiger partial charge in [0.2, 0.25) is 0 Å². The van der Waals surface area contributed by atoms with E-state index < -0.39 is 0 Å². The van der Waals surface area contributed by atoms with Crippen LogP contribution in [0.2, 0.25) is 0 Å². The highest BCUT2D eigenvalue weighted by molar-refractivity contribution is 5.98. The van der Waals surface area contributed by atoms with E-state index in [2.05, 4.69) is 50.0 Å². The third-order valence-electron chi connectivity index (χ3n) is 2.63. The minimum Gasteiger partial charge on any atom is -0.262 e. The van der Waals surface area contributed by atoms with Crippen LogP contribution in [-0.4, -0.2) is 5.71 Å². The zero-order valence-electron chi connectivity index (χ0n) is 8.96. The minimum atomic E-state index is 1.01. The van der Waals surface area contributed by atoms with Crippen molar-refractivity contribution in [3.63, 3.8) is 0 Å². The lowest BCUT2D eigenvalue weighted by atomic mass is 10.0. The fourth-order valence-electron chi connectivity index (χ4n) is 1.84. The Kier molecular flexibility index (Phi) is 2.24. The Morgan fingerprint density at radius 3 is 2.14 bits per heavy atom. The van der Waals surface area contributed by atoms with Gasteiger partial charge in [0.25, 0.3) is 0 Å². The summed E-state index contributed by atoms with van der Waals surface area (Å²) in [5.74, 6) is 0. The number of benzene rings is 1. The molecule has 0 unspecified atom stereocenters. The molecule has 0 spiro atoms. The van der Waals surface area contributed by atoms with Crippen LogP contribution in [-0.2, 0) is 0 Å². The van der Waals surface area contributed by atoms with Crippen LogP contribution in [0.15, 0.2) is 35.0 Å². The van der Waals surface area contributed by atoms with E-state index in [1.807, 2.05) is 0 Å². The van der Waals surface area contributed by atoms with Gasteiger partial charge < -0.3 is 0 Å². The van der Waals surface area contributed by atoms with Crippen molar-refractivity contribution in [1.29, 1.82) is 0 Å². The van der Waals surface area contributed by atoms with Crippen molar-refractivity contribution in [3.8, 4) is 0 Å². The number of allylic oxidation sites excluding steroid dienone is 2. The zero-order valence-corrected chi connectivity index (χ0v) is 8.96. The lowest BCUT2D eigenvalue weighted by Gasteiger charge is -2.03. The molecule has 1 aliphatic rings. The molecule has 1 aliphatic heterocycles. The Labute approximate surface area is 85.2 Å². The number of rotatable bonds is 1. The fourth-order valence-corrected chi connectivity index (χ4v) is 1.84. The summed E-state index contributed by atoms with van der Waals surface area (Å²) in [4.78, 5) is 4.47. The summed E-state index contributed by atoms with van der Waals surface area (Å²) >= 11 is 0. The van der Waals surface area contributed by atoms with Gasteiger partial charge in [0, 0.05) is 17.8 Å². The number of hydrogen-bond donors (Lipinski definition) is 0. The Morgan fingerprint density at radius 2 is 1.64 bits per heavy atom. The van der Waals surface area contributed by atoms with E-state index in [9.17, 15) is 0 Å². The van der Waals surface area contributed by atoms with Gasteiger partial charge in [0.05, 0.1) is 0 Å². The predicted octanol–water partition coefficient (Wildman–Crippen LogP) is 3.59. The highest BCUT2D eigenvalue weighted by Gasteiger charge is 2.12. The number of aliphatic imine (C=N–C) groups is 1. The molecule has 0 atom stereocenters. The number of hydrogen-bond acceptors (Lipinski definition) is 1. The molecule has 0 N–H and O–H groups in total. The summed E-state index contributed by atoms with van der Waals surface area (Å²) in [6.45, 7) is 6.29. The highest BCUT2D eigenvalue weighted by atomic mass is 14.8. The standard InChI is InChI=1S/C13H15N/c1-9-4-6-12(7-5-9)13-8-10(2)14-11(13)3/h4-7H,8H2,1-3H3. The molecule has 0 bridgehead atoms. The van der Waals surface area contributed by atoms with Gasteiger partial charge in [-0.1, -0.05) is 29.8 Å². The molecule has 0 amide bonds. The molecule has 1 aromatic rings. The summed E-state index contributed by atoms with van der Waals surface area (Å²) in [5, 5.41) is 0. The van der Waals surface area contributed by atoms with Gasteiger partial charge in [-0.25, -0.2) is 0 Å². The van der Waals surface area contributed by atoms with E-state index in [1.54, 1.807) is 0 Å². The van der Waals surface area contributed by atoms with Crippen LogP contribution in [0.5, 0.6) is 0 Å². The summed E-state index contributed by atoms with van der Waals surface area (Å²) in [6, 6.07) is 8.68. The Bertz CT molecular complexity index is 407. The maximum Gasteiger partial charge on any atom is 0.0413 e. The molecule has 0 fully saturated rings. The Balaban J connectivity index is 2.35. The molecule has 72 valence electrons. The van der Waals surface area contributed by atoms with Crippen LogP contribution in [0.4, 0.5) is 0 Å². The first kappa shape index (κ1) is 9.20. The van der Waals surface area contributed by atoms with Crippen LogP contribution < -0.4 is 0 Å². The van der Waals surface area contributed by atoms with Crippen molar-refractivity contribution in [1.82, 2.24) is 0 Å². The van der Waals surface area contributed by atoms with Crippen LogP contribution >= 0.6 is 0 Å². The predicted molar refractivity (Wildman–Crippen MR) is 61.5 cm³/mol. The second-order valence-corrected chi connectivity index (χ2v) is 3.95. The molecule has 0 saturated heterocycles. The van der Waals surface area contributed by atoms with Gasteiger partial charge in [0.1, 0.15) is 0 Å². The minimum absolute atomic E-state index is 1.01. The first-order valence-electron chi connectivity index (χ1n) is 4.98. The molecule has 0 radical (unpaired) electrons. The smallest absolute Gasteiger partial charge is 0.0413 e. The Morgan fingerprint density at radius 1 is 1.00 bits per heavy atom. The molecule has 2 rings (SSSR count). The molecule has 0 aliphatic carbocycles. The van der Waals surface area contributed by atoms with E-state index in [-0.39, 0.29) is 0 Å². The van der Waals surface area contributed by atoms with Gasteiger partial charge in [-0.3, -0.25) is 4.99 Å². The SMILES string of the molecule is CC1=NC(C)=C(c2ccc(C)cc2)C1. The molecular formula is C13H15N. The second-order valence-electron chi connectivity index (χ2n) is 3.95. The molecule has 14 heavy (non-hydrogen) atoms. The Hall–Kier alpha value is -1.37. The average molecular weight is 185 g/mol. The normalized spacial score (nSPS) is 16.1. The molecule has 0 aromatic heterocycles. The van der Waals surface area contributed by atoms with Gasteiger partial charge in [0.15, 0.2) is 0 Å². The third kappa shape index (κ3) is 1.63. The van der Waals surface area contributed by atoms with E-state index in [1.165, 1.54) is 28.1 Å². The summed E-state index contributed by atoms with van der Waals surface area (Å²) in [7, 11) is 0. The molecular weight excluding hydrogens is 170 g/mol. The topological polar surface area (TPSA) is 12.4 Å². The largest absolute Gasteiger partial charge is 0.262 e. The fraction of sp³-hybridized carbons (Fsp3) is 0.308. The molecule has 1 aromatic carbocycles. The van der Waals surface area contributed by atoms with Crippen LogP contribution in [0.25, 0.3) is 5.57 Å². The first-order chi connectivity index (χ1) is 6.66. The van der Waals surface area contributed by atoms with Crippen LogP contribution in [0.1, 0.15) is 31.4 Å². The molecule has 1 heteroatoms. The highest BCUT2D eigenvalue weighted by Crippen LogP contribution is 2.28. The van der Waals surface area contributed by atoms with Crippen LogP contribution in [0, 0.1) is 6.92 Å². The average Bonchev–Trinajstić information content (AvgIpc) is 2.47. The summed E-state index contributed by atoms with van der Waals surface area (Å²) in [6.07, 6.45) is 1.01. The van der Waals surface area contributed by atoms with Gasteiger partial charge in [-0.15, -0.1) is 0 Å². The van der Waals surface area contributed by atoms with Crippen molar-refractivity contribution < 1.29 is 0 Å². The third-order valence-corrected chi connectivity index (χ3v) is 2.63. The number of nitrogens with zero attached hydrogens (tertiary/aromatic N) is 1. The van der Waals surface area contributed by atoms with Crippen molar-refractivity contribution in [3.05, 3.63) is 41.1 Å². The van der Waals surface area contributed by atoms with E-state index in [4.69, 9.17) is 0 Å². The molecule has 1 nitrogen and oxygen atoms in total. The van der Waals surface area contributed by atoms with Gasteiger partial charge >= 0.3 is 0 Å². The zero-order chi connectivity index (χ0) is 10.1. The monoisotopic (exact) mass is 185 g/mol. The van der Waals surface area contributed by atoms with Crippen molar-refractivity contribution in [2.45, 2.75) is 27.2 Å². The first-order valence-corrected chi connectivity index (χ1v) is 4.98. The van der Waals surface area contributed by atoms with Crippen molar-refractivity contribution in [2.24, 2.45) is 4.99 Å². The maximum atomic E-state index is 4.47. The van der Waals surface area contributed by atoms with Crippen LogP contribution in [0.3, 0.4) is 0 Å². The lowest BCUT2D eigenvalue weighted by molar-refractivity contribution is 1.33. The van der Waals surface area contributed by atoms with E-state index in [0.717, 1.165) is 6.42 Å². The van der Waals surface area contributed by atoms with E-state index in [0.29, 0.717) is 0 Å². The van der Waals surface area contributed by atoms with E-state index >= 15 is 0 Å². The van der Waals surface area contributed by atoms with Gasteiger partial charge in [-0.2, -0.15) is 0 Å². The van der Waals surface area contributed by atoms with Crippen molar-refractivity contribution in [2.75, 3.05) is 0 Å². The summed E-state index contributed by atoms with van der Waals surface area (Å²) in [5.41, 5.74) is 6.39.